The van der Waals surface area contributed by atoms with Gasteiger partial charge >= 0.3 is 0 Å². The van der Waals surface area contributed by atoms with Gasteiger partial charge in [0.1, 0.15) is 0 Å². The summed E-state index contributed by atoms with van der Waals surface area (Å²) in [5.41, 5.74) is 8.45. The van der Waals surface area contributed by atoms with Crippen molar-refractivity contribution in [3.05, 3.63) is 71.9 Å². The maximum atomic E-state index is 2.93. The molecule has 83 valence electrons. The summed E-state index contributed by atoms with van der Waals surface area (Å²) in [6, 6.07) is 0. The van der Waals surface area contributed by atoms with Gasteiger partial charge in [-0.15, -0.1) is 11.5 Å². The van der Waals surface area contributed by atoms with Gasteiger partial charge in [-0.1, -0.05) is 23.3 Å². The van der Waals surface area contributed by atoms with Crippen LogP contribution in [-0.4, -0.2) is 24.4 Å². The second-order valence-electron chi connectivity index (χ2n) is 3.15. The van der Waals surface area contributed by atoms with Crippen LogP contribution in [0.4, 0.5) is 0 Å². The van der Waals surface area contributed by atoms with Crippen LogP contribution in [0.3, 0.4) is 0 Å². The molecule has 2 heteroatoms. The maximum Gasteiger partial charge on any atom is 0.0160 e. The van der Waals surface area contributed by atoms with Crippen LogP contribution in [0, 0.1) is 12.8 Å². The summed E-state index contributed by atoms with van der Waals surface area (Å²) in [5.74, 6) is 0. The van der Waals surface area contributed by atoms with Crippen LogP contribution in [-0.2, 0) is 0 Å². The molecular weight excluding hydrogens is 370 g/mol. The molecule has 2 aliphatic rings. The van der Waals surface area contributed by atoms with E-state index in [1.165, 1.54) is 11.1 Å². The van der Waals surface area contributed by atoms with E-state index in [0.717, 1.165) is 0 Å². The zero-order valence-corrected chi connectivity index (χ0v) is 13.6. The van der Waals surface area contributed by atoms with Crippen LogP contribution in [0.15, 0.2) is 59.1 Å². The third kappa shape index (κ3) is 9.07. The zero-order chi connectivity index (χ0) is 10.2. The quantitative estimate of drug-likeness (QED) is 0.418. The molecule has 0 heterocycles. The first-order chi connectivity index (χ1) is 6.79. The molecule has 2 rings (SSSR count). The molecule has 0 fully saturated rings. The van der Waals surface area contributed by atoms with E-state index in [0.29, 0.717) is 0 Å². The van der Waals surface area contributed by atoms with Gasteiger partial charge in [0.25, 0.3) is 0 Å². The molecule has 5 radical (unpaired) electrons. The van der Waals surface area contributed by atoms with E-state index in [2.05, 4.69) is 25.3 Å². The van der Waals surface area contributed by atoms with Crippen molar-refractivity contribution in [2.24, 2.45) is 0 Å². The summed E-state index contributed by atoms with van der Waals surface area (Å²) in [4.78, 5) is 0. The van der Waals surface area contributed by atoms with E-state index in [1.807, 2.05) is 49.3 Å². The standard InChI is InChI=1S/2C7H7.BrH.Sb/c2*1-7-5-3-2-4-6-7;;/h2*3-6H,1H3;1H;/p-1. The van der Waals surface area contributed by atoms with Gasteiger partial charge in [0.15, 0.2) is 0 Å². The number of halogens is 1. The molecular formula is C14H14BrSb-. The SMILES string of the molecule is CC1=CC=C=C[CH]1.CC1=CC=C=C[CH]1.[Br-].[Sb]. The molecule has 0 spiro atoms. The van der Waals surface area contributed by atoms with Crippen molar-refractivity contribution in [2.75, 3.05) is 0 Å². The van der Waals surface area contributed by atoms with Crippen molar-refractivity contribution in [3.63, 3.8) is 0 Å². The average Bonchev–Trinajstić information content (AvgIpc) is 2.21. The van der Waals surface area contributed by atoms with E-state index >= 15 is 0 Å². The molecule has 0 aromatic carbocycles. The summed E-state index contributed by atoms with van der Waals surface area (Å²) in [7, 11) is 0. The van der Waals surface area contributed by atoms with Gasteiger partial charge in [0.2, 0.25) is 0 Å². The van der Waals surface area contributed by atoms with E-state index < -0.39 is 0 Å². The minimum Gasteiger partial charge on any atom is -1.00 e. The van der Waals surface area contributed by atoms with Crippen LogP contribution >= 0.6 is 0 Å². The summed E-state index contributed by atoms with van der Waals surface area (Å²) < 4.78 is 0. The predicted octanol–water partition coefficient (Wildman–Crippen LogP) is 0.347. The summed E-state index contributed by atoms with van der Waals surface area (Å²) in [6.45, 7) is 4.13. The van der Waals surface area contributed by atoms with E-state index in [-0.39, 0.29) is 41.4 Å². The summed E-state index contributed by atoms with van der Waals surface area (Å²) >= 11 is 0. The Morgan fingerprint density at radius 2 is 1.12 bits per heavy atom. The van der Waals surface area contributed by atoms with Gasteiger partial charge in [-0.3, -0.25) is 0 Å². The van der Waals surface area contributed by atoms with Crippen LogP contribution in [0.2, 0.25) is 0 Å². The van der Waals surface area contributed by atoms with Crippen molar-refractivity contribution < 1.29 is 17.0 Å². The molecule has 2 aliphatic carbocycles. The maximum absolute atomic E-state index is 2.93. The second kappa shape index (κ2) is 11.3. The van der Waals surface area contributed by atoms with Crippen LogP contribution in [0.5, 0.6) is 0 Å². The smallest absolute Gasteiger partial charge is 0.0160 e. The first-order valence-electron chi connectivity index (χ1n) is 4.64. The Balaban J connectivity index is 0. The zero-order valence-electron chi connectivity index (χ0n) is 9.44. The van der Waals surface area contributed by atoms with Gasteiger partial charge in [0, 0.05) is 37.3 Å². The van der Waals surface area contributed by atoms with E-state index in [1.54, 1.807) is 0 Å². The van der Waals surface area contributed by atoms with Crippen molar-refractivity contribution >= 4 is 24.4 Å². The molecule has 0 bridgehead atoms. The molecule has 0 aromatic rings. The Hall–Kier alpha value is -0.182. The van der Waals surface area contributed by atoms with Crippen molar-refractivity contribution in [1.82, 2.24) is 0 Å². The van der Waals surface area contributed by atoms with Crippen LogP contribution in [0.25, 0.3) is 0 Å². The van der Waals surface area contributed by atoms with Crippen molar-refractivity contribution in [3.8, 4) is 0 Å². The van der Waals surface area contributed by atoms with Crippen molar-refractivity contribution in [1.29, 1.82) is 0 Å². The normalized spacial score (nSPS) is 14.9. The van der Waals surface area contributed by atoms with Gasteiger partial charge < -0.3 is 17.0 Å². The van der Waals surface area contributed by atoms with E-state index in [9.17, 15) is 0 Å². The Kier molecular flexibility index (Phi) is 12.9. The Labute approximate surface area is 126 Å². The molecule has 0 saturated heterocycles. The van der Waals surface area contributed by atoms with Crippen LogP contribution in [0.1, 0.15) is 13.8 Å². The van der Waals surface area contributed by atoms with Gasteiger partial charge in [-0.05, 0) is 38.2 Å². The van der Waals surface area contributed by atoms with Gasteiger partial charge in [-0.2, -0.15) is 0 Å². The van der Waals surface area contributed by atoms with Gasteiger partial charge in [-0.25, -0.2) is 0 Å². The first-order valence-corrected chi connectivity index (χ1v) is 4.64. The third-order valence-electron chi connectivity index (χ3n) is 1.77. The molecule has 0 unspecified atom stereocenters. The summed E-state index contributed by atoms with van der Waals surface area (Å²) in [6.07, 6.45) is 15.8. The Bertz CT molecular complexity index is 336. The molecule has 0 atom stereocenters. The number of hydrogen-bond acceptors (Lipinski definition) is 0. The molecule has 0 amide bonds. The third-order valence-corrected chi connectivity index (χ3v) is 1.77. The Morgan fingerprint density at radius 3 is 1.25 bits per heavy atom. The molecule has 0 nitrogen and oxygen atoms in total. The first kappa shape index (κ1) is 18.2. The largest absolute Gasteiger partial charge is 1.00 e. The fourth-order valence-corrected chi connectivity index (χ4v) is 0.940. The van der Waals surface area contributed by atoms with Crippen molar-refractivity contribution in [2.45, 2.75) is 13.8 Å². The Morgan fingerprint density at radius 1 is 0.750 bits per heavy atom. The fraction of sp³-hybridized carbons (Fsp3) is 0.143. The minimum absolute atomic E-state index is 0. The molecule has 0 aromatic heterocycles. The molecule has 0 aliphatic heterocycles. The minimum atomic E-state index is 0. The number of allylic oxidation sites excluding steroid dienone is 6. The molecule has 0 N–H and O–H groups in total. The van der Waals surface area contributed by atoms with E-state index in [4.69, 9.17) is 0 Å². The topological polar surface area (TPSA) is 0 Å². The monoisotopic (exact) mass is 382 g/mol. The fourth-order valence-electron chi connectivity index (χ4n) is 0.940. The van der Waals surface area contributed by atoms with Gasteiger partial charge in [0.05, 0.1) is 0 Å². The number of hydrogen-bond donors (Lipinski definition) is 0. The predicted molar refractivity (Wildman–Crippen MR) is 67.2 cm³/mol. The molecule has 0 saturated carbocycles. The summed E-state index contributed by atoms with van der Waals surface area (Å²) in [5, 5.41) is 0. The second-order valence-corrected chi connectivity index (χ2v) is 3.15. The van der Waals surface area contributed by atoms with Crippen LogP contribution < -0.4 is 17.0 Å². The average molecular weight is 384 g/mol. The number of rotatable bonds is 0. The molecule has 16 heavy (non-hydrogen) atoms.